The highest BCUT2D eigenvalue weighted by molar-refractivity contribution is 9.10. The Bertz CT molecular complexity index is 495. The third-order valence-electron chi connectivity index (χ3n) is 2.62. The van der Waals surface area contributed by atoms with Crippen molar-refractivity contribution in [2.24, 2.45) is 0 Å². The summed E-state index contributed by atoms with van der Waals surface area (Å²) in [5, 5.41) is 7.32. The van der Waals surface area contributed by atoms with E-state index in [-0.39, 0.29) is 6.04 Å². The van der Waals surface area contributed by atoms with Crippen molar-refractivity contribution in [2.45, 2.75) is 26.3 Å². The summed E-state index contributed by atoms with van der Waals surface area (Å²) < 4.78 is 6.31. The second-order valence-corrected chi connectivity index (χ2v) is 5.05. The standard InChI is InChI=1S/C13H16BrN3O/c1-3-8-15-9(2)13-16-12(17-18-13)10-4-6-11(14)7-5-10/h4-7,9,15H,3,8H2,1-2H3. The quantitative estimate of drug-likeness (QED) is 0.917. The van der Waals surface area contributed by atoms with Crippen LogP contribution < -0.4 is 5.32 Å². The van der Waals surface area contributed by atoms with E-state index in [1.807, 2.05) is 31.2 Å². The molecule has 0 bridgehead atoms. The minimum atomic E-state index is 0.0849. The Hall–Kier alpha value is -1.20. The number of nitrogens with one attached hydrogen (secondary N) is 1. The molecule has 1 unspecified atom stereocenters. The van der Waals surface area contributed by atoms with Gasteiger partial charge in [-0.05, 0) is 44.2 Å². The number of benzene rings is 1. The van der Waals surface area contributed by atoms with Crippen LogP contribution >= 0.6 is 15.9 Å². The molecule has 4 nitrogen and oxygen atoms in total. The zero-order valence-electron chi connectivity index (χ0n) is 10.5. The van der Waals surface area contributed by atoms with E-state index in [9.17, 15) is 0 Å². The highest BCUT2D eigenvalue weighted by Crippen LogP contribution is 2.20. The molecule has 0 aliphatic heterocycles. The molecule has 2 rings (SSSR count). The molecule has 0 saturated carbocycles. The first kappa shape index (κ1) is 13.2. The van der Waals surface area contributed by atoms with E-state index < -0.39 is 0 Å². The van der Waals surface area contributed by atoms with Gasteiger partial charge >= 0.3 is 0 Å². The van der Waals surface area contributed by atoms with Gasteiger partial charge in [0.25, 0.3) is 0 Å². The first-order valence-corrected chi connectivity index (χ1v) is 6.83. The lowest BCUT2D eigenvalue weighted by Crippen LogP contribution is -2.19. The van der Waals surface area contributed by atoms with Crippen molar-refractivity contribution in [1.29, 1.82) is 0 Å². The van der Waals surface area contributed by atoms with Gasteiger partial charge in [0.05, 0.1) is 6.04 Å². The fourth-order valence-electron chi connectivity index (χ4n) is 1.58. The Balaban J connectivity index is 2.12. The van der Waals surface area contributed by atoms with Gasteiger partial charge in [0.2, 0.25) is 11.7 Å². The number of hydrogen-bond acceptors (Lipinski definition) is 4. The minimum absolute atomic E-state index is 0.0849. The van der Waals surface area contributed by atoms with Gasteiger partial charge in [-0.2, -0.15) is 4.98 Å². The molecule has 0 aliphatic carbocycles. The lowest BCUT2D eigenvalue weighted by atomic mass is 10.2. The van der Waals surface area contributed by atoms with Crippen molar-refractivity contribution in [1.82, 2.24) is 15.5 Å². The Morgan fingerprint density at radius 1 is 1.33 bits per heavy atom. The predicted octanol–water partition coefficient (Wildman–Crippen LogP) is 3.56. The van der Waals surface area contributed by atoms with Crippen LogP contribution in [0.15, 0.2) is 33.3 Å². The van der Waals surface area contributed by atoms with Crippen molar-refractivity contribution >= 4 is 15.9 Å². The first-order valence-electron chi connectivity index (χ1n) is 6.03. The molecule has 2 aromatic rings. The van der Waals surface area contributed by atoms with Crippen molar-refractivity contribution in [3.63, 3.8) is 0 Å². The molecule has 1 aromatic carbocycles. The molecule has 1 N–H and O–H groups in total. The van der Waals surface area contributed by atoms with Crippen molar-refractivity contribution < 1.29 is 4.52 Å². The number of nitrogens with zero attached hydrogens (tertiary/aromatic N) is 2. The van der Waals surface area contributed by atoms with Gasteiger partial charge < -0.3 is 9.84 Å². The maximum atomic E-state index is 5.27. The fraction of sp³-hybridized carbons (Fsp3) is 0.385. The van der Waals surface area contributed by atoms with E-state index in [0.717, 1.165) is 23.0 Å². The normalized spacial score (nSPS) is 12.6. The lowest BCUT2D eigenvalue weighted by Gasteiger charge is -2.06. The zero-order chi connectivity index (χ0) is 13.0. The van der Waals surface area contributed by atoms with Gasteiger partial charge in [0, 0.05) is 10.0 Å². The summed E-state index contributed by atoms with van der Waals surface area (Å²) in [5.74, 6) is 1.25. The molecule has 1 aromatic heterocycles. The maximum absolute atomic E-state index is 5.27. The van der Waals surface area contributed by atoms with Crippen LogP contribution in [0.3, 0.4) is 0 Å². The van der Waals surface area contributed by atoms with Crippen LogP contribution in [-0.4, -0.2) is 16.7 Å². The topological polar surface area (TPSA) is 51.0 Å². The summed E-state index contributed by atoms with van der Waals surface area (Å²) in [4.78, 5) is 4.41. The largest absolute Gasteiger partial charge is 0.337 e. The van der Waals surface area contributed by atoms with Gasteiger partial charge in [-0.15, -0.1) is 0 Å². The predicted molar refractivity (Wildman–Crippen MR) is 74.1 cm³/mol. The summed E-state index contributed by atoms with van der Waals surface area (Å²) in [6.07, 6.45) is 1.08. The lowest BCUT2D eigenvalue weighted by molar-refractivity contribution is 0.340. The van der Waals surface area contributed by atoms with Crippen LogP contribution in [0.2, 0.25) is 0 Å². The highest BCUT2D eigenvalue weighted by atomic mass is 79.9. The van der Waals surface area contributed by atoms with E-state index in [1.165, 1.54) is 0 Å². The van der Waals surface area contributed by atoms with Crippen LogP contribution in [0.1, 0.15) is 32.2 Å². The van der Waals surface area contributed by atoms with E-state index in [2.05, 4.69) is 38.3 Å². The van der Waals surface area contributed by atoms with Crippen molar-refractivity contribution in [3.05, 3.63) is 34.6 Å². The Labute approximate surface area is 115 Å². The molecule has 5 heteroatoms. The van der Waals surface area contributed by atoms with Crippen molar-refractivity contribution in [3.8, 4) is 11.4 Å². The van der Waals surface area contributed by atoms with Crippen molar-refractivity contribution in [2.75, 3.05) is 6.54 Å². The number of aromatic nitrogens is 2. The molecule has 0 aliphatic rings. The van der Waals surface area contributed by atoms with Crippen LogP contribution in [0, 0.1) is 0 Å². The SMILES string of the molecule is CCCNC(C)c1nc(-c2ccc(Br)cc2)no1. The second-order valence-electron chi connectivity index (χ2n) is 4.14. The van der Waals surface area contributed by atoms with Crippen LogP contribution in [0.25, 0.3) is 11.4 Å². The number of hydrogen-bond donors (Lipinski definition) is 1. The second kappa shape index (κ2) is 6.11. The van der Waals surface area contributed by atoms with Gasteiger partial charge in [0.15, 0.2) is 0 Å². The van der Waals surface area contributed by atoms with Crippen LogP contribution in [0.5, 0.6) is 0 Å². The fourth-order valence-corrected chi connectivity index (χ4v) is 1.84. The molecule has 18 heavy (non-hydrogen) atoms. The third kappa shape index (κ3) is 3.17. The Morgan fingerprint density at radius 3 is 2.72 bits per heavy atom. The summed E-state index contributed by atoms with van der Waals surface area (Å²) >= 11 is 3.40. The summed E-state index contributed by atoms with van der Waals surface area (Å²) in [5.41, 5.74) is 0.955. The minimum Gasteiger partial charge on any atom is -0.337 e. The van der Waals surface area contributed by atoms with Crippen LogP contribution in [-0.2, 0) is 0 Å². The number of rotatable bonds is 5. The molecule has 1 heterocycles. The van der Waals surface area contributed by atoms with Gasteiger partial charge in [-0.1, -0.05) is 28.0 Å². The summed E-state index contributed by atoms with van der Waals surface area (Å²) in [7, 11) is 0. The third-order valence-corrected chi connectivity index (χ3v) is 3.14. The molecule has 96 valence electrons. The van der Waals surface area contributed by atoms with E-state index in [1.54, 1.807) is 0 Å². The van der Waals surface area contributed by atoms with Gasteiger partial charge in [-0.25, -0.2) is 0 Å². The van der Waals surface area contributed by atoms with Gasteiger partial charge in [-0.3, -0.25) is 0 Å². The molecule has 0 saturated heterocycles. The molecular weight excluding hydrogens is 294 g/mol. The average Bonchev–Trinajstić information content (AvgIpc) is 2.86. The number of halogens is 1. The molecular formula is C13H16BrN3O. The first-order chi connectivity index (χ1) is 8.70. The molecule has 0 radical (unpaired) electrons. The smallest absolute Gasteiger partial charge is 0.243 e. The monoisotopic (exact) mass is 309 g/mol. The van der Waals surface area contributed by atoms with Crippen LogP contribution in [0.4, 0.5) is 0 Å². The zero-order valence-corrected chi connectivity index (χ0v) is 12.1. The van der Waals surface area contributed by atoms with Gasteiger partial charge in [0.1, 0.15) is 0 Å². The summed E-state index contributed by atoms with van der Waals surface area (Å²) in [6, 6.07) is 7.93. The maximum Gasteiger partial charge on any atom is 0.243 e. The highest BCUT2D eigenvalue weighted by Gasteiger charge is 2.14. The molecule has 0 fully saturated rings. The van der Waals surface area contributed by atoms with E-state index >= 15 is 0 Å². The molecule has 0 amide bonds. The van der Waals surface area contributed by atoms with E-state index in [0.29, 0.717) is 11.7 Å². The Morgan fingerprint density at radius 2 is 2.06 bits per heavy atom. The summed E-state index contributed by atoms with van der Waals surface area (Å²) in [6.45, 7) is 5.09. The Kier molecular flexibility index (Phi) is 4.49. The molecule has 0 spiro atoms. The average molecular weight is 310 g/mol. The van der Waals surface area contributed by atoms with E-state index in [4.69, 9.17) is 4.52 Å². The molecule has 1 atom stereocenters.